The van der Waals surface area contributed by atoms with E-state index in [1.165, 1.54) is 56.4 Å². The van der Waals surface area contributed by atoms with Crippen LogP contribution in [0.4, 0.5) is 0 Å². The predicted molar refractivity (Wildman–Crippen MR) is 115 cm³/mol. The molecule has 0 spiro atoms. The minimum absolute atomic E-state index is 0.141. The monoisotopic (exact) mass is 392 g/mol. The summed E-state index contributed by atoms with van der Waals surface area (Å²) in [6.07, 6.45) is 8.95. The van der Waals surface area contributed by atoms with Crippen LogP contribution in [0.3, 0.4) is 0 Å². The van der Waals surface area contributed by atoms with E-state index in [0.29, 0.717) is 11.8 Å². The number of rotatable bonds is 11. The van der Waals surface area contributed by atoms with Crippen LogP contribution < -0.4 is 5.56 Å². The molecule has 0 amide bonds. The Balaban J connectivity index is 1.36. The summed E-state index contributed by atoms with van der Waals surface area (Å²) in [5.74, 6) is 3.00. The van der Waals surface area contributed by atoms with Gasteiger partial charge in [0.2, 0.25) is 0 Å². The van der Waals surface area contributed by atoms with Crippen LogP contribution in [0, 0.1) is 5.92 Å². The smallest absolute Gasteiger partial charge is 0.250 e. The Kier molecular flexibility index (Phi) is 8.28. The third-order valence-corrected chi connectivity index (χ3v) is 7.17. The fourth-order valence-electron chi connectivity index (χ4n) is 4.70. The molecule has 1 aromatic rings. The molecule has 2 aliphatic heterocycles. The molecule has 5 heteroatoms. The molecular weight excluding hydrogens is 356 g/mol. The van der Waals surface area contributed by atoms with Gasteiger partial charge in [-0.25, -0.2) is 0 Å². The van der Waals surface area contributed by atoms with Crippen molar-refractivity contribution in [3.8, 4) is 0 Å². The minimum Gasteiger partial charge on any atom is -0.391 e. The quantitative estimate of drug-likeness (QED) is 0.583. The van der Waals surface area contributed by atoms with Crippen LogP contribution in [-0.4, -0.2) is 51.8 Å². The number of pyridine rings is 1. The van der Waals surface area contributed by atoms with E-state index in [1.807, 2.05) is 22.4 Å². The Morgan fingerprint density at radius 1 is 1.15 bits per heavy atom. The van der Waals surface area contributed by atoms with Gasteiger partial charge in [0.15, 0.2) is 0 Å². The van der Waals surface area contributed by atoms with Crippen molar-refractivity contribution in [2.75, 3.05) is 31.1 Å². The van der Waals surface area contributed by atoms with Crippen molar-refractivity contribution in [2.24, 2.45) is 5.92 Å². The van der Waals surface area contributed by atoms with Crippen molar-refractivity contribution >= 4 is 11.8 Å². The van der Waals surface area contributed by atoms with Crippen LogP contribution in [0.5, 0.6) is 0 Å². The number of β-amino-alcohol motifs (C(OH)–C–C–N with tert-alkyl or cyclic N) is 1. The lowest BCUT2D eigenvalue weighted by Gasteiger charge is -2.43. The first-order valence-corrected chi connectivity index (χ1v) is 12.0. The molecular formula is C22H36N2O2S. The van der Waals surface area contributed by atoms with E-state index in [0.717, 1.165) is 31.9 Å². The highest BCUT2D eigenvalue weighted by atomic mass is 32.2. The molecule has 1 fully saturated rings. The van der Waals surface area contributed by atoms with Gasteiger partial charge in [-0.2, -0.15) is 11.8 Å². The second-order valence-electron chi connectivity index (χ2n) is 8.41. The highest BCUT2D eigenvalue weighted by Gasteiger charge is 2.34. The highest BCUT2D eigenvalue weighted by Crippen LogP contribution is 2.34. The molecule has 3 rings (SSSR count). The largest absolute Gasteiger partial charge is 0.391 e. The zero-order chi connectivity index (χ0) is 19.1. The molecule has 3 atom stereocenters. The zero-order valence-electron chi connectivity index (χ0n) is 16.8. The lowest BCUT2D eigenvalue weighted by molar-refractivity contribution is 0.0717. The molecule has 2 bridgehead atoms. The van der Waals surface area contributed by atoms with Gasteiger partial charge in [-0.3, -0.25) is 9.69 Å². The number of unbranched alkanes of at least 4 members (excludes halogenated alkanes) is 5. The Morgan fingerprint density at radius 2 is 1.96 bits per heavy atom. The molecule has 0 unspecified atom stereocenters. The van der Waals surface area contributed by atoms with Crippen molar-refractivity contribution in [3.63, 3.8) is 0 Å². The first kappa shape index (κ1) is 20.9. The highest BCUT2D eigenvalue weighted by molar-refractivity contribution is 7.99. The van der Waals surface area contributed by atoms with Crippen molar-refractivity contribution in [1.82, 2.24) is 9.47 Å². The summed E-state index contributed by atoms with van der Waals surface area (Å²) >= 11 is 1.90. The molecule has 0 aromatic carbocycles. The summed E-state index contributed by atoms with van der Waals surface area (Å²) in [5.41, 5.74) is 1.33. The van der Waals surface area contributed by atoms with Gasteiger partial charge in [0.05, 0.1) is 6.10 Å². The molecule has 1 saturated heterocycles. The number of aliphatic hydroxyl groups excluding tert-OH is 1. The van der Waals surface area contributed by atoms with Crippen LogP contribution >= 0.6 is 11.8 Å². The third kappa shape index (κ3) is 6.10. The summed E-state index contributed by atoms with van der Waals surface area (Å²) in [6, 6.07) is 5.67. The number of thioether (sulfide) groups is 1. The van der Waals surface area contributed by atoms with Crippen molar-refractivity contribution in [2.45, 2.75) is 70.4 Å². The molecule has 2 aliphatic rings. The van der Waals surface area contributed by atoms with Crippen LogP contribution in [0.25, 0.3) is 0 Å². The first-order valence-electron chi connectivity index (χ1n) is 10.8. The maximum atomic E-state index is 12.1. The average molecular weight is 393 g/mol. The summed E-state index contributed by atoms with van der Waals surface area (Å²) in [6.45, 7) is 5.85. The normalized spacial score (nSPS) is 23.2. The van der Waals surface area contributed by atoms with Crippen LogP contribution in [0.1, 0.15) is 63.5 Å². The molecule has 4 nitrogen and oxygen atoms in total. The van der Waals surface area contributed by atoms with Gasteiger partial charge in [-0.1, -0.05) is 45.1 Å². The standard InChI is InChI=1S/C22H36N2O2S/c1-2-3-4-5-6-7-11-27-17-20(25)16-23-13-18-12-19(15-23)21-9-8-10-22(26)24(21)14-18/h8-10,18-20,25H,2-7,11-17H2,1H3/t18-,19+,20+/m0/s1. The minimum atomic E-state index is -0.244. The number of aliphatic hydroxyl groups is 1. The van der Waals surface area contributed by atoms with E-state index >= 15 is 0 Å². The molecule has 27 heavy (non-hydrogen) atoms. The molecule has 1 N–H and O–H groups in total. The fourth-order valence-corrected chi connectivity index (χ4v) is 5.65. The Bertz CT molecular complexity index is 633. The third-order valence-electron chi connectivity index (χ3n) is 5.98. The predicted octanol–water partition coefficient (Wildman–Crippen LogP) is 3.72. The Labute approximate surface area is 168 Å². The van der Waals surface area contributed by atoms with Crippen molar-refractivity contribution in [3.05, 3.63) is 34.2 Å². The van der Waals surface area contributed by atoms with Gasteiger partial charge in [0.1, 0.15) is 0 Å². The molecule has 3 heterocycles. The molecule has 0 radical (unpaired) electrons. The van der Waals surface area contributed by atoms with Gasteiger partial charge in [-0.05, 0) is 30.6 Å². The number of hydrogen-bond donors (Lipinski definition) is 1. The van der Waals surface area contributed by atoms with Gasteiger partial charge in [0, 0.05) is 49.6 Å². The van der Waals surface area contributed by atoms with Crippen LogP contribution in [0.15, 0.2) is 23.0 Å². The SMILES string of the molecule is CCCCCCCCSC[C@H](O)CN1C[C@@H]2C[C@H](C1)c1cccc(=O)n1C2. The van der Waals surface area contributed by atoms with Gasteiger partial charge in [-0.15, -0.1) is 0 Å². The Morgan fingerprint density at radius 3 is 2.81 bits per heavy atom. The number of aromatic nitrogens is 1. The van der Waals surface area contributed by atoms with Crippen molar-refractivity contribution < 1.29 is 5.11 Å². The zero-order valence-corrected chi connectivity index (χ0v) is 17.6. The number of hydrogen-bond acceptors (Lipinski definition) is 4. The maximum absolute atomic E-state index is 12.1. The van der Waals surface area contributed by atoms with Crippen molar-refractivity contribution in [1.29, 1.82) is 0 Å². The average Bonchev–Trinajstić information content (AvgIpc) is 2.65. The summed E-state index contributed by atoms with van der Waals surface area (Å²) < 4.78 is 1.98. The van der Waals surface area contributed by atoms with Gasteiger partial charge in [0.25, 0.3) is 5.56 Å². The number of nitrogens with zero attached hydrogens (tertiary/aromatic N) is 2. The van der Waals surface area contributed by atoms with Crippen LogP contribution in [-0.2, 0) is 6.54 Å². The number of piperidine rings is 1. The Hall–Kier alpha value is -0.780. The van der Waals surface area contributed by atoms with E-state index in [1.54, 1.807) is 6.07 Å². The lowest BCUT2D eigenvalue weighted by atomic mass is 9.83. The number of likely N-dealkylation sites (tertiary alicyclic amines) is 1. The molecule has 152 valence electrons. The lowest BCUT2D eigenvalue weighted by Crippen LogP contribution is -2.49. The summed E-state index contributed by atoms with van der Waals surface area (Å²) in [5, 5.41) is 10.5. The molecule has 1 aromatic heterocycles. The maximum Gasteiger partial charge on any atom is 0.250 e. The summed E-state index contributed by atoms with van der Waals surface area (Å²) in [7, 11) is 0. The first-order chi connectivity index (χ1) is 13.2. The molecule has 0 aliphatic carbocycles. The van der Waals surface area contributed by atoms with Crippen LogP contribution in [0.2, 0.25) is 0 Å². The van der Waals surface area contributed by atoms with E-state index < -0.39 is 0 Å². The van der Waals surface area contributed by atoms with E-state index in [9.17, 15) is 9.90 Å². The van der Waals surface area contributed by atoms with E-state index in [-0.39, 0.29) is 11.7 Å². The fraction of sp³-hybridized carbons (Fsp3) is 0.773. The van der Waals surface area contributed by atoms with E-state index in [4.69, 9.17) is 0 Å². The van der Waals surface area contributed by atoms with Gasteiger partial charge >= 0.3 is 0 Å². The van der Waals surface area contributed by atoms with E-state index in [2.05, 4.69) is 17.9 Å². The molecule has 0 saturated carbocycles. The topological polar surface area (TPSA) is 45.5 Å². The number of fused-ring (bicyclic) bond motifs is 4. The summed E-state index contributed by atoms with van der Waals surface area (Å²) in [4.78, 5) is 14.5. The second kappa shape index (κ2) is 10.7. The van der Waals surface area contributed by atoms with Gasteiger partial charge < -0.3 is 9.67 Å². The second-order valence-corrected chi connectivity index (χ2v) is 9.56.